The highest BCUT2D eigenvalue weighted by Crippen LogP contribution is 2.20. The van der Waals surface area contributed by atoms with E-state index in [0.717, 1.165) is 19.3 Å². The van der Waals surface area contributed by atoms with Gasteiger partial charge in [-0.3, -0.25) is 4.55 Å². The molecule has 0 saturated carbocycles. The first kappa shape index (κ1) is 18.7. The Hall–Kier alpha value is -0.270. The van der Waals surface area contributed by atoms with Gasteiger partial charge in [0.15, 0.2) is 0 Å². The monoisotopic (exact) mass is 302 g/mol. The molecule has 0 unspecified atom stereocenters. The van der Waals surface area contributed by atoms with Crippen molar-refractivity contribution in [3.8, 4) is 0 Å². The van der Waals surface area contributed by atoms with E-state index in [1.807, 2.05) is 0 Å². The Kier molecular flexibility index (Phi) is 9.47. The maximum Gasteiger partial charge on any atom is 0.392 e. The van der Waals surface area contributed by atoms with Gasteiger partial charge in [0.05, 0.1) is 0 Å². The minimum atomic E-state index is -5.37. The first-order valence-electron chi connectivity index (χ1n) is 6.74. The van der Waals surface area contributed by atoms with Crippen LogP contribution in [0.1, 0.15) is 58.3 Å². The second-order valence-electron chi connectivity index (χ2n) is 4.64. The normalized spacial score (nSPS) is 12.8. The fraction of sp³-hybridized carbons (Fsp3) is 1.00. The maximum atomic E-state index is 12.7. The van der Waals surface area contributed by atoms with Gasteiger partial charge in [-0.05, 0) is 6.42 Å². The van der Waals surface area contributed by atoms with Gasteiger partial charge in [0, 0.05) is 6.61 Å². The summed E-state index contributed by atoms with van der Waals surface area (Å²) in [6.07, 6.45) is 8.52. The summed E-state index contributed by atoms with van der Waals surface area (Å²) in [5, 5.41) is -4.22. The van der Waals surface area contributed by atoms with E-state index in [0.29, 0.717) is 6.42 Å². The summed E-state index contributed by atoms with van der Waals surface area (Å²) < 4.78 is 58.8. The molecule has 7 heteroatoms. The molecule has 0 aliphatic carbocycles. The van der Waals surface area contributed by atoms with E-state index in [1.54, 1.807) is 0 Å². The topological polar surface area (TPSA) is 63.6 Å². The van der Waals surface area contributed by atoms with Crippen LogP contribution in [-0.2, 0) is 14.9 Å². The van der Waals surface area contributed by atoms with E-state index >= 15 is 0 Å². The molecular weight excluding hydrogens is 278 g/mol. The van der Waals surface area contributed by atoms with Crippen molar-refractivity contribution in [2.45, 2.75) is 63.5 Å². The van der Waals surface area contributed by atoms with Crippen LogP contribution in [-0.4, -0.2) is 31.4 Å². The second kappa shape index (κ2) is 9.61. The van der Waals surface area contributed by atoms with Gasteiger partial charge in [-0.1, -0.05) is 51.9 Å². The molecule has 0 bridgehead atoms. The number of unbranched alkanes of at least 4 members (excludes halogenated alkanes) is 7. The lowest BCUT2D eigenvalue weighted by molar-refractivity contribution is -0.0211. The average molecular weight is 302 g/mol. The Morgan fingerprint density at radius 2 is 1.47 bits per heavy atom. The number of hydrogen-bond acceptors (Lipinski definition) is 3. The summed E-state index contributed by atoms with van der Waals surface area (Å²) in [6.45, 7) is 0.947. The SMILES string of the molecule is CCCCCCCCCCOCC(F)(F)S(=O)(=O)O. The van der Waals surface area contributed by atoms with Crippen molar-refractivity contribution in [3.63, 3.8) is 0 Å². The zero-order valence-electron chi connectivity index (χ0n) is 11.4. The van der Waals surface area contributed by atoms with Crippen LogP contribution < -0.4 is 0 Å². The Morgan fingerprint density at radius 1 is 1.00 bits per heavy atom. The van der Waals surface area contributed by atoms with E-state index in [-0.39, 0.29) is 6.61 Å². The molecule has 0 heterocycles. The quantitative estimate of drug-likeness (QED) is 0.442. The standard InChI is InChI=1S/C12H24F2O4S/c1-2-3-4-5-6-7-8-9-10-18-11-12(13,14)19(15,16)17/h2-11H2,1H3,(H,15,16,17). The first-order valence-corrected chi connectivity index (χ1v) is 8.18. The van der Waals surface area contributed by atoms with Crippen molar-refractivity contribution in [2.75, 3.05) is 13.2 Å². The fourth-order valence-corrected chi connectivity index (χ4v) is 1.84. The second-order valence-corrected chi connectivity index (χ2v) is 6.19. The van der Waals surface area contributed by atoms with E-state index in [1.165, 1.54) is 25.7 Å². The molecule has 0 radical (unpaired) electrons. The highest BCUT2D eigenvalue weighted by Gasteiger charge is 2.44. The van der Waals surface area contributed by atoms with Crippen molar-refractivity contribution in [1.29, 1.82) is 0 Å². The van der Waals surface area contributed by atoms with Crippen LogP contribution in [0.25, 0.3) is 0 Å². The summed E-state index contributed by atoms with van der Waals surface area (Å²) in [7, 11) is -5.37. The van der Waals surface area contributed by atoms with Gasteiger partial charge in [-0.2, -0.15) is 17.2 Å². The van der Waals surface area contributed by atoms with E-state index in [2.05, 4.69) is 11.7 Å². The molecule has 0 aromatic rings. The molecule has 19 heavy (non-hydrogen) atoms. The van der Waals surface area contributed by atoms with Crippen molar-refractivity contribution in [2.24, 2.45) is 0 Å². The van der Waals surface area contributed by atoms with Gasteiger partial charge in [0.25, 0.3) is 0 Å². The molecule has 0 rings (SSSR count). The van der Waals surface area contributed by atoms with Crippen molar-refractivity contribution < 1.29 is 26.5 Å². The molecule has 0 atom stereocenters. The highest BCUT2D eigenvalue weighted by atomic mass is 32.2. The molecule has 0 spiro atoms. The molecule has 4 nitrogen and oxygen atoms in total. The lowest BCUT2D eigenvalue weighted by Crippen LogP contribution is -2.33. The molecule has 0 amide bonds. The van der Waals surface area contributed by atoms with E-state index in [4.69, 9.17) is 4.55 Å². The average Bonchev–Trinajstić information content (AvgIpc) is 2.30. The van der Waals surface area contributed by atoms with Gasteiger partial charge >= 0.3 is 15.4 Å². The number of rotatable bonds is 12. The van der Waals surface area contributed by atoms with Gasteiger partial charge in [0.2, 0.25) is 0 Å². The minimum Gasteiger partial charge on any atom is -0.374 e. The van der Waals surface area contributed by atoms with Gasteiger partial charge < -0.3 is 4.74 Å². The fourth-order valence-electron chi connectivity index (χ4n) is 1.60. The first-order chi connectivity index (χ1) is 8.81. The number of ether oxygens (including phenoxy) is 1. The molecule has 0 saturated heterocycles. The largest absolute Gasteiger partial charge is 0.392 e. The van der Waals surface area contributed by atoms with Crippen molar-refractivity contribution >= 4 is 10.1 Å². The third-order valence-electron chi connectivity index (χ3n) is 2.79. The Bertz CT molecular complexity index is 318. The van der Waals surface area contributed by atoms with Crippen LogP contribution in [0.3, 0.4) is 0 Å². The van der Waals surface area contributed by atoms with Gasteiger partial charge in [0.1, 0.15) is 6.61 Å². The molecule has 116 valence electrons. The smallest absolute Gasteiger partial charge is 0.374 e. The van der Waals surface area contributed by atoms with Crippen LogP contribution in [0, 0.1) is 0 Å². The minimum absolute atomic E-state index is 0.0834. The van der Waals surface area contributed by atoms with Crippen LogP contribution in [0.15, 0.2) is 0 Å². The van der Waals surface area contributed by atoms with Crippen LogP contribution in [0.2, 0.25) is 0 Å². The van der Waals surface area contributed by atoms with Crippen LogP contribution >= 0.6 is 0 Å². The van der Waals surface area contributed by atoms with Gasteiger partial charge in [-0.15, -0.1) is 0 Å². The molecule has 0 fully saturated rings. The predicted molar refractivity (Wildman–Crippen MR) is 69.9 cm³/mol. The third kappa shape index (κ3) is 9.29. The third-order valence-corrected chi connectivity index (χ3v) is 3.66. The predicted octanol–water partition coefficient (Wildman–Crippen LogP) is 3.62. The summed E-state index contributed by atoms with van der Waals surface area (Å²) in [6, 6.07) is 0. The summed E-state index contributed by atoms with van der Waals surface area (Å²) in [5.41, 5.74) is 0. The zero-order chi connectivity index (χ0) is 14.8. The molecule has 0 aliphatic heterocycles. The molecular formula is C12H24F2O4S. The number of hydrogen-bond donors (Lipinski definition) is 1. The van der Waals surface area contributed by atoms with E-state index in [9.17, 15) is 17.2 Å². The number of alkyl halides is 2. The highest BCUT2D eigenvalue weighted by molar-refractivity contribution is 7.86. The van der Waals surface area contributed by atoms with Gasteiger partial charge in [-0.25, -0.2) is 0 Å². The van der Waals surface area contributed by atoms with E-state index < -0.39 is 22.0 Å². The van der Waals surface area contributed by atoms with Crippen LogP contribution in [0.5, 0.6) is 0 Å². The zero-order valence-corrected chi connectivity index (χ0v) is 12.2. The molecule has 0 aromatic carbocycles. The van der Waals surface area contributed by atoms with Crippen molar-refractivity contribution in [3.05, 3.63) is 0 Å². The van der Waals surface area contributed by atoms with Crippen LogP contribution in [0.4, 0.5) is 8.78 Å². The van der Waals surface area contributed by atoms with Crippen molar-refractivity contribution in [1.82, 2.24) is 0 Å². The maximum absolute atomic E-state index is 12.7. The molecule has 1 N–H and O–H groups in total. The molecule has 0 aromatic heterocycles. The Balaban J connectivity index is 3.42. The number of halogens is 2. The lowest BCUT2D eigenvalue weighted by atomic mass is 10.1. The Morgan fingerprint density at radius 3 is 1.95 bits per heavy atom. The summed E-state index contributed by atoms with van der Waals surface area (Å²) >= 11 is 0. The lowest BCUT2D eigenvalue weighted by Gasteiger charge is -2.12. The summed E-state index contributed by atoms with van der Waals surface area (Å²) in [4.78, 5) is 0. The molecule has 0 aliphatic rings. The summed E-state index contributed by atoms with van der Waals surface area (Å²) in [5.74, 6) is 0. The Labute approximate surface area is 114 Å².